The zero-order valence-corrected chi connectivity index (χ0v) is 14.3. The Hall–Kier alpha value is -1.07. The molecular weight excluding hydrogens is 284 g/mol. The molecule has 1 unspecified atom stereocenters. The molecule has 4 nitrogen and oxygen atoms in total. The van der Waals surface area contributed by atoms with Crippen LogP contribution in [0, 0.1) is 5.92 Å². The van der Waals surface area contributed by atoms with Gasteiger partial charge in [0.25, 0.3) is 0 Å². The Bertz CT molecular complexity index is 527. The van der Waals surface area contributed by atoms with Crippen LogP contribution in [0.5, 0.6) is 0 Å². The van der Waals surface area contributed by atoms with Crippen LogP contribution >= 0.6 is 0 Å². The van der Waals surface area contributed by atoms with Crippen molar-refractivity contribution in [2.24, 2.45) is 5.92 Å². The first-order valence-corrected chi connectivity index (χ1v) is 9.20. The Kier molecular flexibility index (Phi) is 7.18. The third-order valence-corrected chi connectivity index (χ3v) is 4.94. The van der Waals surface area contributed by atoms with Crippen LogP contribution in [0.25, 0.3) is 0 Å². The third-order valence-electron chi connectivity index (χ3n) is 3.33. The van der Waals surface area contributed by atoms with Gasteiger partial charge in [0.2, 0.25) is 10.0 Å². The lowest BCUT2D eigenvalue weighted by Crippen LogP contribution is -2.25. The van der Waals surface area contributed by atoms with Crippen molar-refractivity contribution in [3.8, 4) is 0 Å². The molecule has 2 N–H and O–H groups in total. The van der Waals surface area contributed by atoms with E-state index in [2.05, 4.69) is 30.8 Å². The molecule has 0 heterocycles. The number of para-hydroxylation sites is 1. The van der Waals surface area contributed by atoms with E-state index in [-0.39, 0.29) is 6.04 Å². The SMILES string of the molecule is CCNS(=O)(=O)c1ccccc1NC(C)CCCC(C)C. The van der Waals surface area contributed by atoms with E-state index in [1.54, 1.807) is 19.1 Å². The van der Waals surface area contributed by atoms with E-state index in [9.17, 15) is 8.42 Å². The second-order valence-electron chi connectivity index (χ2n) is 5.87. The zero-order chi connectivity index (χ0) is 15.9. The van der Waals surface area contributed by atoms with Crippen molar-refractivity contribution < 1.29 is 8.42 Å². The van der Waals surface area contributed by atoms with Gasteiger partial charge < -0.3 is 5.32 Å². The standard InChI is InChI=1S/C16H28N2O2S/c1-5-17-21(19,20)16-12-7-6-11-15(16)18-14(4)10-8-9-13(2)3/h6-7,11-14,17-18H,5,8-10H2,1-4H3. The molecule has 0 saturated carbocycles. The molecule has 0 aromatic heterocycles. The molecule has 0 saturated heterocycles. The van der Waals surface area contributed by atoms with Crippen molar-refractivity contribution in [3.63, 3.8) is 0 Å². The lowest BCUT2D eigenvalue weighted by molar-refractivity contribution is 0.520. The largest absolute Gasteiger partial charge is 0.381 e. The van der Waals surface area contributed by atoms with Gasteiger partial charge in [-0.15, -0.1) is 0 Å². The highest BCUT2D eigenvalue weighted by molar-refractivity contribution is 7.89. The van der Waals surface area contributed by atoms with E-state index in [4.69, 9.17) is 0 Å². The van der Waals surface area contributed by atoms with Crippen LogP contribution in [-0.4, -0.2) is 21.0 Å². The van der Waals surface area contributed by atoms with E-state index in [0.29, 0.717) is 23.0 Å². The minimum atomic E-state index is -3.43. The molecule has 1 aromatic carbocycles. The summed E-state index contributed by atoms with van der Waals surface area (Å²) >= 11 is 0. The molecule has 5 heteroatoms. The van der Waals surface area contributed by atoms with Crippen LogP contribution in [0.2, 0.25) is 0 Å². The number of hydrogen-bond acceptors (Lipinski definition) is 3. The second-order valence-corrected chi connectivity index (χ2v) is 7.60. The maximum absolute atomic E-state index is 12.2. The van der Waals surface area contributed by atoms with Crippen LogP contribution in [0.1, 0.15) is 47.0 Å². The summed E-state index contributed by atoms with van der Waals surface area (Å²) in [5.74, 6) is 0.707. The van der Waals surface area contributed by atoms with Gasteiger partial charge in [0.05, 0.1) is 5.69 Å². The van der Waals surface area contributed by atoms with Gasteiger partial charge in [-0.3, -0.25) is 0 Å². The van der Waals surface area contributed by atoms with Crippen molar-refractivity contribution in [1.29, 1.82) is 0 Å². The highest BCUT2D eigenvalue weighted by Gasteiger charge is 2.17. The Balaban J connectivity index is 2.75. The second kappa shape index (κ2) is 8.39. The summed E-state index contributed by atoms with van der Waals surface area (Å²) in [7, 11) is -3.43. The van der Waals surface area contributed by atoms with Crippen LogP contribution in [0.4, 0.5) is 5.69 Å². The van der Waals surface area contributed by atoms with Crippen molar-refractivity contribution in [3.05, 3.63) is 24.3 Å². The normalized spacial score (nSPS) is 13.4. The Morgan fingerprint density at radius 2 is 1.76 bits per heavy atom. The highest BCUT2D eigenvalue weighted by atomic mass is 32.2. The van der Waals surface area contributed by atoms with Crippen molar-refractivity contribution in [2.45, 2.75) is 57.9 Å². The van der Waals surface area contributed by atoms with E-state index < -0.39 is 10.0 Å². The topological polar surface area (TPSA) is 58.2 Å². The number of rotatable bonds is 9. The summed E-state index contributed by atoms with van der Waals surface area (Å²) in [5.41, 5.74) is 0.676. The van der Waals surface area contributed by atoms with Gasteiger partial charge in [-0.2, -0.15) is 0 Å². The molecule has 0 amide bonds. The number of benzene rings is 1. The van der Waals surface area contributed by atoms with Gasteiger partial charge in [-0.05, 0) is 31.4 Å². The smallest absolute Gasteiger partial charge is 0.242 e. The molecule has 120 valence electrons. The molecule has 0 fully saturated rings. The van der Waals surface area contributed by atoms with Gasteiger partial charge >= 0.3 is 0 Å². The lowest BCUT2D eigenvalue weighted by atomic mass is 10.0. The van der Waals surface area contributed by atoms with Crippen molar-refractivity contribution >= 4 is 15.7 Å². The fourth-order valence-corrected chi connectivity index (χ4v) is 3.47. The Morgan fingerprint density at radius 1 is 1.10 bits per heavy atom. The summed E-state index contributed by atoms with van der Waals surface area (Å²) in [6.07, 6.45) is 3.38. The van der Waals surface area contributed by atoms with Gasteiger partial charge in [-0.25, -0.2) is 13.1 Å². The molecule has 0 aliphatic heterocycles. The van der Waals surface area contributed by atoms with Gasteiger partial charge in [0.15, 0.2) is 0 Å². The summed E-state index contributed by atoms with van der Waals surface area (Å²) in [6.45, 7) is 8.70. The fourth-order valence-electron chi connectivity index (χ4n) is 2.26. The molecule has 0 bridgehead atoms. The van der Waals surface area contributed by atoms with Gasteiger partial charge in [0, 0.05) is 12.6 Å². The Morgan fingerprint density at radius 3 is 2.38 bits per heavy atom. The van der Waals surface area contributed by atoms with Crippen LogP contribution in [0.3, 0.4) is 0 Å². The summed E-state index contributed by atoms with van der Waals surface area (Å²) in [5, 5.41) is 3.33. The molecule has 1 atom stereocenters. The summed E-state index contributed by atoms with van der Waals surface area (Å²) < 4.78 is 26.9. The predicted molar refractivity (Wildman–Crippen MR) is 89.1 cm³/mol. The molecular formula is C16H28N2O2S. The summed E-state index contributed by atoms with van der Waals surface area (Å²) in [4.78, 5) is 0.322. The summed E-state index contributed by atoms with van der Waals surface area (Å²) in [6, 6.07) is 7.32. The number of hydrogen-bond donors (Lipinski definition) is 2. The highest BCUT2D eigenvalue weighted by Crippen LogP contribution is 2.22. The zero-order valence-electron chi connectivity index (χ0n) is 13.5. The third kappa shape index (κ3) is 6.06. The molecule has 1 rings (SSSR count). The molecule has 0 aliphatic rings. The maximum atomic E-state index is 12.2. The molecule has 1 aromatic rings. The quantitative estimate of drug-likeness (QED) is 0.732. The first kappa shape index (κ1) is 18.0. The van der Waals surface area contributed by atoms with Crippen LogP contribution < -0.4 is 10.0 Å². The van der Waals surface area contributed by atoms with Crippen LogP contribution in [0.15, 0.2) is 29.2 Å². The molecule has 0 radical (unpaired) electrons. The fraction of sp³-hybridized carbons (Fsp3) is 0.625. The first-order chi connectivity index (χ1) is 9.86. The number of sulfonamides is 1. The van der Waals surface area contributed by atoms with Crippen molar-refractivity contribution in [2.75, 3.05) is 11.9 Å². The van der Waals surface area contributed by atoms with E-state index in [1.807, 2.05) is 12.1 Å². The monoisotopic (exact) mass is 312 g/mol. The van der Waals surface area contributed by atoms with E-state index in [1.165, 1.54) is 6.42 Å². The minimum absolute atomic E-state index is 0.252. The average Bonchev–Trinajstić information content (AvgIpc) is 2.38. The Labute approximate surface area is 129 Å². The molecule has 0 spiro atoms. The molecule has 21 heavy (non-hydrogen) atoms. The van der Waals surface area contributed by atoms with E-state index >= 15 is 0 Å². The van der Waals surface area contributed by atoms with Gasteiger partial charge in [0.1, 0.15) is 4.90 Å². The predicted octanol–water partition coefficient (Wildman–Crippen LogP) is 3.61. The van der Waals surface area contributed by atoms with E-state index in [0.717, 1.165) is 12.8 Å². The number of nitrogens with one attached hydrogen (secondary N) is 2. The van der Waals surface area contributed by atoms with Crippen molar-refractivity contribution in [1.82, 2.24) is 4.72 Å². The average molecular weight is 312 g/mol. The minimum Gasteiger partial charge on any atom is -0.381 e. The maximum Gasteiger partial charge on any atom is 0.242 e. The number of anilines is 1. The van der Waals surface area contributed by atoms with Gasteiger partial charge in [-0.1, -0.05) is 45.7 Å². The lowest BCUT2D eigenvalue weighted by Gasteiger charge is -2.18. The molecule has 0 aliphatic carbocycles. The first-order valence-electron chi connectivity index (χ1n) is 7.72. The van der Waals surface area contributed by atoms with Crippen LogP contribution in [-0.2, 0) is 10.0 Å².